The molecule has 1 aliphatic carbocycles. The maximum absolute atomic E-state index is 13.5. The van der Waals surface area contributed by atoms with Crippen molar-refractivity contribution in [2.45, 2.75) is 84.4 Å². The van der Waals surface area contributed by atoms with Crippen LogP contribution >= 0.6 is 0 Å². The summed E-state index contributed by atoms with van der Waals surface area (Å²) in [5, 5.41) is 5.68. The van der Waals surface area contributed by atoms with Gasteiger partial charge in [-0.2, -0.15) is 0 Å². The smallest absolute Gasteiger partial charge is 0.408 e. The van der Waals surface area contributed by atoms with Crippen LogP contribution in [0.15, 0.2) is 30.9 Å². The lowest BCUT2D eigenvalue weighted by Crippen LogP contribution is -2.50. The number of ether oxygens (including phenoxy) is 1. The summed E-state index contributed by atoms with van der Waals surface area (Å²) in [5.74, 6) is -0.592. The highest BCUT2D eigenvalue weighted by Crippen LogP contribution is 2.27. The molecule has 3 amide bonds. The molecule has 0 aromatic heterocycles. The number of hydrogen-bond acceptors (Lipinski definition) is 4. The Balaban J connectivity index is 2.29. The molecule has 0 saturated heterocycles. The van der Waals surface area contributed by atoms with Gasteiger partial charge >= 0.3 is 6.09 Å². The highest BCUT2D eigenvalue weighted by atomic mass is 16.6. The average Bonchev–Trinajstić information content (AvgIpc) is 2.72. The van der Waals surface area contributed by atoms with E-state index in [9.17, 15) is 14.4 Å². The van der Waals surface area contributed by atoms with Crippen LogP contribution in [0.5, 0.6) is 0 Å². The Morgan fingerprint density at radius 3 is 2.42 bits per heavy atom. The largest absolute Gasteiger partial charge is 0.444 e. The lowest BCUT2D eigenvalue weighted by molar-refractivity contribution is -0.140. The molecule has 1 saturated carbocycles. The van der Waals surface area contributed by atoms with Gasteiger partial charge in [0.1, 0.15) is 18.2 Å². The van der Waals surface area contributed by atoms with Gasteiger partial charge in [0.25, 0.3) is 0 Å². The molecule has 1 aromatic carbocycles. The monoisotopic (exact) mass is 457 g/mol. The first-order valence-corrected chi connectivity index (χ1v) is 11.8. The lowest BCUT2D eigenvalue weighted by atomic mass is 9.93. The van der Waals surface area contributed by atoms with Crippen molar-refractivity contribution in [2.24, 2.45) is 0 Å². The van der Waals surface area contributed by atoms with Crippen molar-refractivity contribution < 1.29 is 19.1 Å². The van der Waals surface area contributed by atoms with Gasteiger partial charge in [-0.15, -0.1) is 6.58 Å². The first-order valence-electron chi connectivity index (χ1n) is 11.8. The number of hydrogen-bond donors (Lipinski definition) is 2. The molecule has 0 spiro atoms. The molecule has 2 N–H and O–H groups in total. The summed E-state index contributed by atoms with van der Waals surface area (Å²) in [7, 11) is 0. The van der Waals surface area contributed by atoms with E-state index < -0.39 is 17.7 Å². The second kappa shape index (κ2) is 11.9. The highest BCUT2D eigenvalue weighted by molar-refractivity contribution is 5.91. The van der Waals surface area contributed by atoms with Crippen LogP contribution < -0.4 is 10.6 Å². The SMILES string of the molecule is C=CCN(C(=O)CNC(=O)OC(C)(C)C)C(C(=O)NC1CCCCC1)c1ccc(C)cc1C. The van der Waals surface area contributed by atoms with Crippen LogP contribution in [0.4, 0.5) is 4.79 Å². The molecule has 0 aliphatic heterocycles. The standard InChI is InChI=1S/C26H39N3O4/c1-7-15-29(22(30)17-27-25(32)33-26(4,5)6)23(21-14-13-18(2)16-19(21)3)24(31)28-20-11-9-8-10-12-20/h7,13-14,16,20,23H,1,8-12,15,17H2,2-6H3,(H,27,32)(H,28,31). The molecule has 1 fully saturated rings. The zero-order valence-electron chi connectivity index (χ0n) is 20.7. The van der Waals surface area contributed by atoms with Crippen molar-refractivity contribution in [2.75, 3.05) is 13.1 Å². The molecule has 1 aromatic rings. The van der Waals surface area contributed by atoms with E-state index in [4.69, 9.17) is 4.74 Å². The van der Waals surface area contributed by atoms with Gasteiger partial charge in [0.15, 0.2) is 0 Å². The quantitative estimate of drug-likeness (QED) is 0.569. The Bertz CT molecular complexity index is 854. The minimum absolute atomic E-state index is 0.111. The second-order valence-electron chi connectivity index (χ2n) is 9.80. The summed E-state index contributed by atoms with van der Waals surface area (Å²) < 4.78 is 5.23. The van der Waals surface area contributed by atoms with Crippen LogP contribution in [0, 0.1) is 13.8 Å². The van der Waals surface area contributed by atoms with Crippen LogP contribution in [0.2, 0.25) is 0 Å². The van der Waals surface area contributed by atoms with E-state index in [0.717, 1.165) is 42.4 Å². The summed E-state index contributed by atoms with van der Waals surface area (Å²) >= 11 is 0. The zero-order chi connectivity index (χ0) is 24.6. The molecular formula is C26H39N3O4. The number of aryl methyl sites for hydroxylation is 2. The number of benzene rings is 1. The van der Waals surface area contributed by atoms with Crippen molar-refractivity contribution in [3.05, 3.63) is 47.5 Å². The van der Waals surface area contributed by atoms with Crippen molar-refractivity contribution >= 4 is 17.9 Å². The predicted molar refractivity (Wildman–Crippen MR) is 130 cm³/mol. The van der Waals surface area contributed by atoms with Gasteiger partial charge in [-0.1, -0.05) is 49.1 Å². The average molecular weight is 458 g/mol. The highest BCUT2D eigenvalue weighted by Gasteiger charge is 2.33. The van der Waals surface area contributed by atoms with E-state index in [-0.39, 0.29) is 30.9 Å². The molecule has 7 heteroatoms. The second-order valence-corrected chi connectivity index (χ2v) is 9.80. The molecule has 0 heterocycles. The van der Waals surface area contributed by atoms with Gasteiger partial charge in [-0.05, 0) is 58.6 Å². The third kappa shape index (κ3) is 8.22. The van der Waals surface area contributed by atoms with Crippen molar-refractivity contribution in [3.8, 4) is 0 Å². The molecule has 7 nitrogen and oxygen atoms in total. The van der Waals surface area contributed by atoms with E-state index in [1.807, 2.05) is 32.0 Å². The molecule has 182 valence electrons. The Labute approximate surface area is 197 Å². The van der Waals surface area contributed by atoms with Crippen molar-refractivity contribution in [1.82, 2.24) is 15.5 Å². The third-order valence-electron chi connectivity index (χ3n) is 5.66. The van der Waals surface area contributed by atoms with E-state index >= 15 is 0 Å². The van der Waals surface area contributed by atoms with Crippen LogP contribution in [-0.2, 0) is 14.3 Å². The third-order valence-corrected chi connectivity index (χ3v) is 5.66. The summed E-state index contributed by atoms with van der Waals surface area (Å²) in [6.07, 6.45) is 6.17. The number of amides is 3. The van der Waals surface area contributed by atoms with Crippen LogP contribution in [0.3, 0.4) is 0 Å². The first-order chi connectivity index (χ1) is 15.5. The molecule has 0 bridgehead atoms. The topological polar surface area (TPSA) is 87.7 Å². The maximum atomic E-state index is 13.5. The minimum atomic E-state index is -0.821. The molecule has 33 heavy (non-hydrogen) atoms. The fourth-order valence-electron chi connectivity index (χ4n) is 4.16. The predicted octanol–water partition coefficient (Wildman–Crippen LogP) is 4.33. The fourth-order valence-corrected chi connectivity index (χ4v) is 4.16. The molecule has 0 radical (unpaired) electrons. The van der Waals surface area contributed by atoms with Crippen LogP contribution in [0.1, 0.15) is 75.6 Å². The van der Waals surface area contributed by atoms with Crippen molar-refractivity contribution in [1.29, 1.82) is 0 Å². The van der Waals surface area contributed by atoms with Crippen molar-refractivity contribution in [3.63, 3.8) is 0 Å². The number of alkyl carbamates (subject to hydrolysis) is 1. The van der Waals surface area contributed by atoms with Gasteiger partial charge in [-0.3, -0.25) is 9.59 Å². The van der Waals surface area contributed by atoms with E-state index in [2.05, 4.69) is 17.2 Å². The summed E-state index contributed by atoms with van der Waals surface area (Å²) in [5.41, 5.74) is 2.10. The van der Waals surface area contributed by atoms with Crippen LogP contribution in [-0.4, -0.2) is 47.5 Å². The minimum Gasteiger partial charge on any atom is -0.444 e. The van der Waals surface area contributed by atoms with Gasteiger partial charge in [-0.25, -0.2) is 4.79 Å². The van der Waals surface area contributed by atoms with Gasteiger partial charge in [0.2, 0.25) is 11.8 Å². The Hall–Kier alpha value is -2.83. The molecule has 1 unspecified atom stereocenters. The number of rotatable bonds is 8. The summed E-state index contributed by atoms with van der Waals surface area (Å²) in [6, 6.07) is 5.14. The molecule has 1 atom stereocenters. The van der Waals surface area contributed by atoms with E-state index in [1.165, 1.54) is 11.3 Å². The summed E-state index contributed by atoms with van der Waals surface area (Å²) in [6.45, 7) is 12.9. The zero-order valence-corrected chi connectivity index (χ0v) is 20.7. The molecule has 1 aliphatic rings. The number of nitrogens with one attached hydrogen (secondary N) is 2. The van der Waals surface area contributed by atoms with E-state index in [0.29, 0.717) is 0 Å². The Kier molecular flexibility index (Phi) is 9.50. The summed E-state index contributed by atoms with van der Waals surface area (Å²) in [4.78, 5) is 40.3. The fraction of sp³-hybridized carbons (Fsp3) is 0.577. The maximum Gasteiger partial charge on any atom is 0.408 e. The van der Waals surface area contributed by atoms with Crippen LogP contribution in [0.25, 0.3) is 0 Å². The molecular weight excluding hydrogens is 418 g/mol. The number of carbonyl (C=O) groups is 3. The van der Waals surface area contributed by atoms with E-state index in [1.54, 1.807) is 26.8 Å². The Morgan fingerprint density at radius 2 is 1.85 bits per heavy atom. The number of carbonyl (C=O) groups excluding carboxylic acids is 3. The normalized spacial score (nSPS) is 15.3. The lowest BCUT2D eigenvalue weighted by Gasteiger charge is -2.33. The Morgan fingerprint density at radius 1 is 1.18 bits per heavy atom. The molecule has 2 rings (SSSR count). The van der Waals surface area contributed by atoms with Gasteiger partial charge < -0.3 is 20.3 Å². The van der Waals surface area contributed by atoms with Gasteiger partial charge in [0.05, 0.1) is 0 Å². The van der Waals surface area contributed by atoms with Gasteiger partial charge in [0, 0.05) is 12.6 Å². The number of nitrogens with zero attached hydrogens (tertiary/aromatic N) is 1. The first kappa shape index (κ1) is 26.4.